The lowest BCUT2D eigenvalue weighted by molar-refractivity contribution is 0.0575. The lowest BCUT2D eigenvalue weighted by Gasteiger charge is -2.25. The molecule has 0 saturated heterocycles. The molecule has 0 aromatic heterocycles. The van der Waals surface area contributed by atoms with Crippen molar-refractivity contribution in [2.75, 3.05) is 0 Å². The fourth-order valence-corrected chi connectivity index (χ4v) is 2.49. The van der Waals surface area contributed by atoms with E-state index in [1.165, 1.54) is 27.8 Å². The fraction of sp³-hybridized carbons (Fsp3) is 0.368. The Bertz CT molecular complexity index is 624. The first kappa shape index (κ1) is 14.8. The molecule has 0 heterocycles. The van der Waals surface area contributed by atoms with Crippen LogP contribution in [0.1, 0.15) is 40.3 Å². The third-order valence-electron chi connectivity index (χ3n) is 4.25. The zero-order chi connectivity index (χ0) is 14.9. The second-order valence-electron chi connectivity index (χ2n) is 6.17. The Morgan fingerprint density at radius 2 is 1.35 bits per heavy atom. The van der Waals surface area contributed by atoms with Crippen LogP contribution in [0.5, 0.6) is 0 Å². The first-order chi connectivity index (χ1) is 9.29. The van der Waals surface area contributed by atoms with Crippen molar-refractivity contribution < 1.29 is 5.11 Å². The van der Waals surface area contributed by atoms with Gasteiger partial charge in [-0.15, -0.1) is 0 Å². The van der Waals surface area contributed by atoms with Gasteiger partial charge in [0.05, 0.1) is 5.60 Å². The lowest BCUT2D eigenvalue weighted by atomic mass is 9.87. The molecule has 106 valence electrons. The van der Waals surface area contributed by atoms with E-state index in [4.69, 9.17) is 0 Å². The molecule has 0 saturated carbocycles. The van der Waals surface area contributed by atoms with Crippen molar-refractivity contribution in [3.63, 3.8) is 0 Å². The summed E-state index contributed by atoms with van der Waals surface area (Å²) in [4.78, 5) is 0. The summed E-state index contributed by atoms with van der Waals surface area (Å²) < 4.78 is 0. The van der Waals surface area contributed by atoms with E-state index < -0.39 is 5.60 Å². The van der Waals surface area contributed by atoms with Gasteiger partial charge in [-0.3, -0.25) is 0 Å². The molecule has 1 atom stereocenters. The Balaban J connectivity index is 2.29. The van der Waals surface area contributed by atoms with Gasteiger partial charge in [0.15, 0.2) is 0 Å². The van der Waals surface area contributed by atoms with Crippen LogP contribution in [0.2, 0.25) is 0 Å². The standard InChI is InChI=1S/C19H24O/c1-13-6-8-17(10-15(13)3)12-19(5,20)18-9-7-14(2)16(4)11-18/h6-11,20H,12H2,1-5H3. The van der Waals surface area contributed by atoms with Gasteiger partial charge in [0, 0.05) is 6.42 Å². The second kappa shape index (κ2) is 5.41. The van der Waals surface area contributed by atoms with E-state index in [2.05, 4.69) is 58.0 Å². The Morgan fingerprint density at radius 1 is 0.800 bits per heavy atom. The maximum atomic E-state index is 10.8. The third-order valence-corrected chi connectivity index (χ3v) is 4.25. The number of benzene rings is 2. The first-order valence-electron chi connectivity index (χ1n) is 7.16. The minimum Gasteiger partial charge on any atom is -0.385 e. The molecule has 2 rings (SSSR count). The molecule has 0 amide bonds. The van der Waals surface area contributed by atoms with E-state index in [1.54, 1.807) is 0 Å². The van der Waals surface area contributed by atoms with Crippen molar-refractivity contribution in [1.82, 2.24) is 0 Å². The number of hydrogen-bond donors (Lipinski definition) is 1. The van der Waals surface area contributed by atoms with E-state index in [0.29, 0.717) is 6.42 Å². The first-order valence-corrected chi connectivity index (χ1v) is 7.16. The fourth-order valence-electron chi connectivity index (χ4n) is 2.49. The van der Waals surface area contributed by atoms with Crippen molar-refractivity contribution in [3.8, 4) is 0 Å². The molecule has 0 bridgehead atoms. The van der Waals surface area contributed by atoms with Crippen molar-refractivity contribution in [1.29, 1.82) is 0 Å². The number of rotatable bonds is 3. The molecule has 0 aliphatic rings. The highest BCUT2D eigenvalue weighted by atomic mass is 16.3. The molecule has 1 nitrogen and oxygen atoms in total. The topological polar surface area (TPSA) is 20.2 Å². The van der Waals surface area contributed by atoms with Crippen LogP contribution in [0.15, 0.2) is 36.4 Å². The van der Waals surface area contributed by atoms with Gasteiger partial charge in [-0.2, -0.15) is 0 Å². The maximum absolute atomic E-state index is 10.8. The molecule has 1 unspecified atom stereocenters. The van der Waals surface area contributed by atoms with Crippen LogP contribution in [-0.4, -0.2) is 5.11 Å². The molecule has 0 spiro atoms. The average Bonchev–Trinajstić information content (AvgIpc) is 2.37. The molecule has 0 aliphatic carbocycles. The largest absolute Gasteiger partial charge is 0.385 e. The van der Waals surface area contributed by atoms with Crippen LogP contribution in [0, 0.1) is 27.7 Å². The summed E-state index contributed by atoms with van der Waals surface area (Å²) >= 11 is 0. The zero-order valence-electron chi connectivity index (χ0n) is 13.1. The number of aliphatic hydroxyl groups is 1. The van der Waals surface area contributed by atoms with Crippen molar-refractivity contribution in [2.24, 2.45) is 0 Å². The molecular formula is C19H24O. The highest BCUT2D eigenvalue weighted by Gasteiger charge is 2.24. The summed E-state index contributed by atoms with van der Waals surface area (Å²) in [7, 11) is 0. The Kier molecular flexibility index (Phi) is 4.01. The number of aryl methyl sites for hydroxylation is 4. The number of hydrogen-bond acceptors (Lipinski definition) is 1. The SMILES string of the molecule is Cc1ccc(CC(C)(O)c2ccc(C)c(C)c2)cc1C. The van der Waals surface area contributed by atoms with Gasteiger partial charge < -0.3 is 5.11 Å². The van der Waals surface area contributed by atoms with Gasteiger partial charge in [-0.1, -0.05) is 36.4 Å². The Hall–Kier alpha value is -1.60. The molecule has 2 aromatic carbocycles. The average molecular weight is 268 g/mol. The summed E-state index contributed by atoms with van der Waals surface area (Å²) in [5.41, 5.74) is 6.38. The predicted octanol–water partition coefficient (Wildman–Crippen LogP) is 4.37. The molecule has 1 heteroatoms. The summed E-state index contributed by atoms with van der Waals surface area (Å²) in [6.07, 6.45) is 0.636. The minimum absolute atomic E-state index is 0.636. The highest BCUT2D eigenvalue weighted by Crippen LogP contribution is 2.27. The Morgan fingerprint density at radius 3 is 1.90 bits per heavy atom. The smallest absolute Gasteiger partial charge is 0.0908 e. The van der Waals surface area contributed by atoms with Crippen molar-refractivity contribution in [2.45, 2.75) is 46.6 Å². The predicted molar refractivity (Wildman–Crippen MR) is 85.1 cm³/mol. The van der Waals surface area contributed by atoms with Gasteiger partial charge in [-0.25, -0.2) is 0 Å². The minimum atomic E-state index is -0.833. The van der Waals surface area contributed by atoms with E-state index in [1.807, 2.05) is 13.0 Å². The van der Waals surface area contributed by atoms with Gasteiger partial charge in [0.1, 0.15) is 0 Å². The molecule has 1 N–H and O–H groups in total. The van der Waals surface area contributed by atoms with E-state index >= 15 is 0 Å². The van der Waals surface area contributed by atoms with Crippen molar-refractivity contribution in [3.05, 3.63) is 69.8 Å². The monoisotopic (exact) mass is 268 g/mol. The van der Waals surface area contributed by atoms with Crippen LogP contribution in [0.4, 0.5) is 0 Å². The van der Waals surface area contributed by atoms with E-state index in [0.717, 1.165) is 5.56 Å². The second-order valence-corrected chi connectivity index (χ2v) is 6.17. The quantitative estimate of drug-likeness (QED) is 0.876. The molecule has 0 aliphatic heterocycles. The van der Waals surface area contributed by atoms with Crippen LogP contribution in [-0.2, 0) is 12.0 Å². The van der Waals surface area contributed by atoms with Crippen molar-refractivity contribution >= 4 is 0 Å². The van der Waals surface area contributed by atoms with Gasteiger partial charge >= 0.3 is 0 Å². The Labute approximate surface area is 122 Å². The van der Waals surface area contributed by atoms with Gasteiger partial charge in [-0.05, 0) is 68.0 Å². The molecular weight excluding hydrogens is 244 g/mol. The van der Waals surface area contributed by atoms with E-state index in [9.17, 15) is 5.11 Å². The highest BCUT2D eigenvalue weighted by molar-refractivity contribution is 5.36. The summed E-state index contributed by atoms with van der Waals surface area (Å²) in [5.74, 6) is 0. The van der Waals surface area contributed by atoms with E-state index in [-0.39, 0.29) is 0 Å². The molecule has 2 aromatic rings. The van der Waals surface area contributed by atoms with Crippen LogP contribution >= 0.6 is 0 Å². The molecule has 0 radical (unpaired) electrons. The lowest BCUT2D eigenvalue weighted by Crippen LogP contribution is -2.24. The summed E-state index contributed by atoms with van der Waals surface area (Å²) in [6, 6.07) is 12.6. The van der Waals surface area contributed by atoms with Gasteiger partial charge in [0.2, 0.25) is 0 Å². The molecule has 0 fully saturated rings. The summed E-state index contributed by atoms with van der Waals surface area (Å²) in [5, 5.41) is 10.8. The van der Waals surface area contributed by atoms with Gasteiger partial charge in [0.25, 0.3) is 0 Å². The van der Waals surface area contributed by atoms with Crippen LogP contribution in [0.25, 0.3) is 0 Å². The van der Waals surface area contributed by atoms with Crippen LogP contribution in [0.3, 0.4) is 0 Å². The maximum Gasteiger partial charge on any atom is 0.0908 e. The van der Waals surface area contributed by atoms with Crippen LogP contribution < -0.4 is 0 Å². The third kappa shape index (κ3) is 3.10. The normalized spacial score (nSPS) is 14.1. The molecule has 20 heavy (non-hydrogen) atoms. The zero-order valence-corrected chi connectivity index (χ0v) is 13.1. The summed E-state index contributed by atoms with van der Waals surface area (Å²) in [6.45, 7) is 10.3.